The smallest absolute Gasteiger partial charge is 0.133 e. The van der Waals surface area contributed by atoms with Crippen molar-refractivity contribution in [2.45, 2.75) is 33.8 Å². The molecule has 17 heavy (non-hydrogen) atoms. The molecule has 0 amide bonds. The average molecular weight is 300 g/mol. The summed E-state index contributed by atoms with van der Waals surface area (Å²) in [5.74, 6) is 1.59. The van der Waals surface area contributed by atoms with Crippen LogP contribution < -0.4 is 10.1 Å². The minimum Gasteiger partial charge on any atom is -0.488 e. The lowest BCUT2D eigenvalue weighted by atomic mass is 10.2. The first-order valence-corrected chi connectivity index (χ1v) is 6.92. The lowest BCUT2D eigenvalue weighted by Crippen LogP contribution is -2.31. The Hall–Kier alpha value is -0.540. The third-order valence-corrected chi connectivity index (χ3v) is 3.02. The lowest BCUT2D eigenvalue weighted by Gasteiger charge is -2.17. The molecule has 0 saturated heterocycles. The first-order valence-electron chi connectivity index (χ1n) is 6.12. The van der Waals surface area contributed by atoms with Crippen molar-refractivity contribution in [2.75, 3.05) is 13.1 Å². The molecule has 1 unspecified atom stereocenters. The molecule has 0 aliphatic carbocycles. The van der Waals surface area contributed by atoms with E-state index in [9.17, 15) is 0 Å². The van der Waals surface area contributed by atoms with Gasteiger partial charge in [0.25, 0.3) is 0 Å². The molecular weight excluding hydrogens is 278 g/mol. The van der Waals surface area contributed by atoms with Gasteiger partial charge in [-0.1, -0.05) is 19.9 Å². The second-order valence-corrected chi connectivity index (χ2v) is 5.77. The zero-order chi connectivity index (χ0) is 12.8. The van der Waals surface area contributed by atoms with Gasteiger partial charge in [0.05, 0.1) is 4.47 Å². The molecule has 0 aliphatic rings. The van der Waals surface area contributed by atoms with Crippen LogP contribution in [0.25, 0.3) is 0 Å². The number of hydrogen-bond acceptors (Lipinski definition) is 2. The Kier molecular flexibility index (Phi) is 6.00. The Morgan fingerprint density at radius 1 is 1.24 bits per heavy atom. The van der Waals surface area contributed by atoms with E-state index in [1.807, 2.05) is 6.07 Å². The van der Waals surface area contributed by atoms with E-state index in [1.54, 1.807) is 0 Å². The van der Waals surface area contributed by atoms with Crippen molar-refractivity contribution in [3.63, 3.8) is 0 Å². The van der Waals surface area contributed by atoms with Crippen LogP contribution in [0.4, 0.5) is 0 Å². The Balaban J connectivity index is 2.42. The molecule has 0 aliphatic heterocycles. The van der Waals surface area contributed by atoms with Crippen LogP contribution in [0.5, 0.6) is 5.75 Å². The molecule has 96 valence electrons. The molecule has 0 spiro atoms. The van der Waals surface area contributed by atoms with Gasteiger partial charge in [-0.25, -0.2) is 0 Å². The number of aryl methyl sites for hydroxylation is 1. The summed E-state index contributed by atoms with van der Waals surface area (Å²) in [6, 6.07) is 6.15. The number of benzene rings is 1. The molecule has 0 bridgehead atoms. The van der Waals surface area contributed by atoms with Crippen molar-refractivity contribution in [2.24, 2.45) is 5.92 Å². The summed E-state index contributed by atoms with van der Waals surface area (Å²) in [6.45, 7) is 10.5. The molecule has 1 aromatic carbocycles. The standard InChI is InChI=1S/C14H22BrNO/c1-10(2)8-16-9-12(4)17-14-6-5-11(3)7-13(14)15/h5-7,10,12,16H,8-9H2,1-4H3. The number of nitrogens with one attached hydrogen (secondary N) is 1. The molecule has 0 heterocycles. The largest absolute Gasteiger partial charge is 0.488 e. The minimum absolute atomic E-state index is 0.174. The van der Waals surface area contributed by atoms with Gasteiger partial charge in [-0.05, 0) is 59.9 Å². The number of rotatable bonds is 6. The minimum atomic E-state index is 0.174. The van der Waals surface area contributed by atoms with Crippen molar-refractivity contribution in [1.82, 2.24) is 5.32 Å². The predicted molar refractivity (Wildman–Crippen MR) is 76.7 cm³/mol. The highest BCUT2D eigenvalue weighted by molar-refractivity contribution is 9.10. The van der Waals surface area contributed by atoms with E-state index in [2.05, 4.69) is 61.1 Å². The molecule has 2 nitrogen and oxygen atoms in total. The molecule has 3 heteroatoms. The zero-order valence-corrected chi connectivity index (χ0v) is 12.7. The Labute approximate surface area is 113 Å². The molecular formula is C14H22BrNO. The monoisotopic (exact) mass is 299 g/mol. The molecule has 0 fully saturated rings. The normalized spacial score (nSPS) is 12.8. The summed E-state index contributed by atoms with van der Waals surface area (Å²) >= 11 is 3.52. The maximum Gasteiger partial charge on any atom is 0.133 e. The van der Waals surface area contributed by atoms with Crippen molar-refractivity contribution in [3.05, 3.63) is 28.2 Å². The number of hydrogen-bond donors (Lipinski definition) is 1. The first-order chi connectivity index (χ1) is 7.99. The van der Waals surface area contributed by atoms with Crippen molar-refractivity contribution < 1.29 is 4.74 Å². The first kappa shape index (κ1) is 14.5. The fourth-order valence-electron chi connectivity index (χ4n) is 1.54. The molecule has 1 N–H and O–H groups in total. The van der Waals surface area contributed by atoms with Crippen molar-refractivity contribution in [3.8, 4) is 5.75 Å². The second-order valence-electron chi connectivity index (χ2n) is 4.91. The Bertz CT molecular complexity index is 352. The van der Waals surface area contributed by atoms with Crippen LogP contribution >= 0.6 is 15.9 Å². The molecule has 0 saturated carbocycles. The van der Waals surface area contributed by atoms with E-state index >= 15 is 0 Å². The molecule has 1 aromatic rings. The van der Waals surface area contributed by atoms with E-state index < -0.39 is 0 Å². The molecule has 0 radical (unpaired) electrons. The van der Waals surface area contributed by atoms with Crippen LogP contribution in [0.3, 0.4) is 0 Å². The Morgan fingerprint density at radius 2 is 1.94 bits per heavy atom. The van der Waals surface area contributed by atoms with E-state index in [4.69, 9.17) is 4.74 Å². The van der Waals surface area contributed by atoms with Gasteiger partial charge in [-0.3, -0.25) is 0 Å². The maximum atomic E-state index is 5.87. The van der Waals surface area contributed by atoms with Crippen LogP contribution in [0.15, 0.2) is 22.7 Å². The van der Waals surface area contributed by atoms with Gasteiger partial charge < -0.3 is 10.1 Å². The highest BCUT2D eigenvalue weighted by Crippen LogP contribution is 2.26. The fourth-order valence-corrected chi connectivity index (χ4v) is 2.12. The SMILES string of the molecule is Cc1ccc(OC(C)CNCC(C)C)c(Br)c1. The fraction of sp³-hybridized carbons (Fsp3) is 0.571. The predicted octanol–water partition coefficient (Wildman–Crippen LogP) is 3.77. The van der Waals surface area contributed by atoms with Crippen molar-refractivity contribution in [1.29, 1.82) is 0 Å². The third-order valence-electron chi connectivity index (χ3n) is 2.40. The van der Waals surface area contributed by atoms with Gasteiger partial charge >= 0.3 is 0 Å². The van der Waals surface area contributed by atoms with Crippen LogP contribution in [0.2, 0.25) is 0 Å². The number of ether oxygens (including phenoxy) is 1. The van der Waals surface area contributed by atoms with E-state index in [-0.39, 0.29) is 6.10 Å². The summed E-state index contributed by atoms with van der Waals surface area (Å²) in [7, 11) is 0. The topological polar surface area (TPSA) is 21.3 Å². The number of halogens is 1. The van der Waals surface area contributed by atoms with Gasteiger partial charge in [-0.2, -0.15) is 0 Å². The summed E-state index contributed by atoms with van der Waals surface area (Å²) in [4.78, 5) is 0. The molecule has 0 aromatic heterocycles. The molecule has 1 atom stereocenters. The summed E-state index contributed by atoms with van der Waals surface area (Å²) in [6.07, 6.45) is 0.174. The van der Waals surface area contributed by atoms with Crippen LogP contribution in [0, 0.1) is 12.8 Å². The lowest BCUT2D eigenvalue weighted by molar-refractivity contribution is 0.214. The van der Waals surface area contributed by atoms with Crippen LogP contribution in [0.1, 0.15) is 26.3 Å². The van der Waals surface area contributed by atoms with E-state index in [0.717, 1.165) is 23.3 Å². The van der Waals surface area contributed by atoms with Crippen LogP contribution in [-0.2, 0) is 0 Å². The van der Waals surface area contributed by atoms with E-state index in [0.29, 0.717) is 5.92 Å². The maximum absolute atomic E-state index is 5.87. The third kappa shape index (κ3) is 5.55. The summed E-state index contributed by atoms with van der Waals surface area (Å²) in [5.41, 5.74) is 1.23. The van der Waals surface area contributed by atoms with E-state index in [1.165, 1.54) is 5.56 Å². The highest BCUT2D eigenvalue weighted by atomic mass is 79.9. The Morgan fingerprint density at radius 3 is 2.53 bits per heavy atom. The second kappa shape index (κ2) is 7.02. The highest BCUT2D eigenvalue weighted by Gasteiger charge is 2.07. The zero-order valence-electron chi connectivity index (χ0n) is 11.1. The van der Waals surface area contributed by atoms with Gasteiger partial charge in [-0.15, -0.1) is 0 Å². The van der Waals surface area contributed by atoms with Gasteiger partial charge in [0.2, 0.25) is 0 Å². The van der Waals surface area contributed by atoms with Gasteiger partial charge in [0.1, 0.15) is 11.9 Å². The average Bonchev–Trinajstić information content (AvgIpc) is 2.21. The van der Waals surface area contributed by atoms with Crippen molar-refractivity contribution >= 4 is 15.9 Å². The molecule has 1 rings (SSSR count). The summed E-state index contributed by atoms with van der Waals surface area (Å²) < 4.78 is 6.89. The van der Waals surface area contributed by atoms with Gasteiger partial charge in [0.15, 0.2) is 0 Å². The van der Waals surface area contributed by atoms with Crippen LogP contribution in [-0.4, -0.2) is 19.2 Å². The summed E-state index contributed by atoms with van der Waals surface area (Å²) in [5, 5.41) is 3.40. The van der Waals surface area contributed by atoms with Gasteiger partial charge in [0, 0.05) is 6.54 Å². The quantitative estimate of drug-likeness (QED) is 0.863.